The van der Waals surface area contributed by atoms with Gasteiger partial charge >= 0.3 is 0 Å². The van der Waals surface area contributed by atoms with E-state index < -0.39 is 10.0 Å². The zero-order valence-corrected chi connectivity index (χ0v) is 11.5. The van der Waals surface area contributed by atoms with E-state index in [2.05, 4.69) is 5.32 Å². The van der Waals surface area contributed by atoms with Crippen molar-refractivity contribution < 1.29 is 8.42 Å². The molecule has 1 unspecified atom stereocenters. The molecule has 1 N–H and O–H groups in total. The van der Waals surface area contributed by atoms with Crippen LogP contribution in [0.4, 0.5) is 0 Å². The van der Waals surface area contributed by atoms with E-state index >= 15 is 0 Å². The number of nitrogens with zero attached hydrogens (tertiary/aromatic N) is 1. The maximum absolute atomic E-state index is 12.3. The summed E-state index contributed by atoms with van der Waals surface area (Å²) in [4.78, 5) is 0. The van der Waals surface area contributed by atoms with Gasteiger partial charge in [0.2, 0.25) is 10.0 Å². The average Bonchev–Trinajstić information content (AvgIpc) is 2.84. The lowest BCUT2D eigenvalue weighted by Crippen LogP contribution is -2.46. The Labute approximate surface area is 105 Å². The fourth-order valence-electron chi connectivity index (χ4n) is 2.93. The lowest BCUT2D eigenvalue weighted by Gasteiger charge is -2.29. The minimum absolute atomic E-state index is 0.115. The van der Waals surface area contributed by atoms with E-state index in [9.17, 15) is 8.42 Å². The Morgan fingerprint density at radius 3 is 2.35 bits per heavy atom. The van der Waals surface area contributed by atoms with Crippen LogP contribution < -0.4 is 5.32 Å². The first-order valence-corrected chi connectivity index (χ1v) is 8.29. The smallest absolute Gasteiger partial charge is 0.216 e. The Hall–Kier alpha value is -0.130. The van der Waals surface area contributed by atoms with E-state index in [0.717, 1.165) is 38.6 Å². The summed E-state index contributed by atoms with van der Waals surface area (Å²) >= 11 is 0. The van der Waals surface area contributed by atoms with E-state index in [-0.39, 0.29) is 5.25 Å². The molecule has 0 aromatic rings. The van der Waals surface area contributed by atoms with Crippen LogP contribution >= 0.6 is 0 Å². The summed E-state index contributed by atoms with van der Waals surface area (Å²) in [6.45, 7) is 1.67. The highest BCUT2D eigenvalue weighted by atomic mass is 32.2. The number of likely N-dealkylation sites (N-methyl/N-ethyl adjacent to an activating group) is 1. The van der Waals surface area contributed by atoms with Gasteiger partial charge in [0.25, 0.3) is 0 Å². The van der Waals surface area contributed by atoms with Crippen molar-refractivity contribution >= 4 is 10.0 Å². The summed E-state index contributed by atoms with van der Waals surface area (Å²) < 4.78 is 26.2. The molecule has 4 nitrogen and oxygen atoms in total. The lowest BCUT2D eigenvalue weighted by atomic mass is 10.1. The fourth-order valence-corrected chi connectivity index (χ4v) is 4.76. The van der Waals surface area contributed by atoms with Crippen LogP contribution in [0.1, 0.15) is 44.9 Å². The molecule has 2 rings (SSSR count). The van der Waals surface area contributed by atoms with Crippen molar-refractivity contribution in [1.29, 1.82) is 0 Å². The molecule has 2 fully saturated rings. The SMILES string of the molecule is CN(CC1CCCCN1)S(=O)(=O)C1CCCC1. The van der Waals surface area contributed by atoms with Gasteiger partial charge in [-0.05, 0) is 32.2 Å². The third kappa shape index (κ3) is 3.20. The standard InChI is InChI=1S/C12H24N2O2S/c1-14(10-11-6-4-5-9-13-11)17(15,16)12-7-2-3-8-12/h11-13H,2-10H2,1H3. The molecule has 100 valence electrons. The highest BCUT2D eigenvalue weighted by Crippen LogP contribution is 2.26. The van der Waals surface area contributed by atoms with E-state index in [1.165, 1.54) is 12.8 Å². The fraction of sp³-hybridized carbons (Fsp3) is 1.00. The Bertz CT molecular complexity index is 330. The van der Waals surface area contributed by atoms with Crippen LogP contribution in [0.2, 0.25) is 0 Å². The Balaban J connectivity index is 1.91. The van der Waals surface area contributed by atoms with E-state index in [4.69, 9.17) is 0 Å². The largest absolute Gasteiger partial charge is 0.313 e. The maximum Gasteiger partial charge on any atom is 0.216 e. The van der Waals surface area contributed by atoms with Crippen molar-refractivity contribution in [3.63, 3.8) is 0 Å². The molecule has 5 heteroatoms. The summed E-state index contributed by atoms with van der Waals surface area (Å²) in [6.07, 6.45) is 7.38. The van der Waals surface area contributed by atoms with E-state index in [0.29, 0.717) is 12.6 Å². The van der Waals surface area contributed by atoms with Gasteiger partial charge in [-0.1, -0.05) is 19.3 Å². The molecule has 0 radical (unpaired) electrons. The molecular formula is C12H24N2O2S. The molecular weight excluding hydrogens is 236 g/mol. The van der Waals surface area contributed by atoms with Crippen LogP contribution in [-0.2, 0) is 10.0 Å². The third-order valence-corrected chi connectivity index (χ3v) is 6.38. The molecule has 1 saturated carbocycles. The number of piperidine rings is 1. The number of sulfonamides is 1. The van der Waals surface area contributed by atoms with Crippen molar-refractivity contribution in [3.05, 3.63) is 0 Å². The molecule has 0 spiro atoms. The molecule has 0 amide bonds. The lowest BCUT2D eigenvalue weighted by molar-refractivity contribution is 0.335. The quantitative estimate of drug-likeness (QED) is 0.829. The van der Waals surface area contributed by atoms with Gasteiger partial charge < -0.3 is 5.32 Å². The van der Waals surface area contributed by atoms with Gasteiger partial charge in [0.1, 0.15) is 0 Å². The molecule has 1 aliphatic carbocycles. The minimum atomic E-state index is -3.04. The van der Waals surface area contributed by atoms with Crippen molar-refractivity contribution in [2.75, 3.05) is 20.1 Å². The van der Waals surface area contributed by atoms with Gasteiger partial charge in [-0.15, -0.1) is 0 Å². The third-order valence-electron chi connectivity index (χ3n) is 4.05. The number of hydrogen-bond donors (Lipinski definition) is 1. The van der Waals surface area contributed by atoms with Gasteiger partial charge in [0, 0.05) is 19.6 Å². The second-order valence-corrected chi connectivity index (χ2v) is 7.70. The normalized spacial score (nSPS) is 27.8. The number of rotatable bonds is 4. The van der Waals surface area contributed by atoms with Crippen LogP contribution in [0.3, 0.4) is 0 Å². The average molecular weight is 260 g/mol. The van der Waals surface area contributed by atoms with Crippen LogP contribution in [0.5, 0.6) is 0 Å². The zero-order valence-electron chi connectivity index (χ0n) is 10.7. The minimum Gasteiger partial charge on any atom is -0.313 e. The summed E-state index contributed by atoms with van der Waals surface area (Å²) in [5.74, 6) is 0. The van der Waals surface area contributed by atoms with Crippen LogP contribution in [-0.4, -0.2) is 44.2 Å². The molecule has 0 bridgehead atoms. The number of hydrogen-bond acceptors (Lipinski definition) is 3. The molecule has 17 heavy (non-hydrogen) atoms. The molecule has 2 aliphatic rings. The van der Waals surface area contributed by atoms with Crippen molar-refractivity contribution in [2.24, 2.45) is 0 Å². The van der Waals surface area contributed by atoms with E-state index in [1.807, 2.05) is 0 Å². The first-order chi connectivity index (χ1) is 8.10. The van der Waals surface area contributed by atoms with Crippen LogP contribution in [0.15, 0.2) is 0 Å². The van der Waals surface area contributed by atoms with Crippen molar-refractivity contribution in [2.45, 2.75) is 56.2 Å². The van der Waals surface area contributed by atoms with Crippen LogP contribution in [0, 0.1) is 0 Å². The zero-order chi connectivity index (χ0) is 12.3. The van der Waals surface area contributed by atoms with E-state index in [1.54, 1.807) is 11.4 Å². The Morgan fingerprint density at radius 1 is 1.12 bits per heavy atom. The predicted octanol–water partition coefficient (Wildman–Crippen LogP) is 1.33. The molecule has 1 heterocycles. The summed E-state index contributed by atoms with van der Waals surface area (Å²) in [5, 5.41) is 3.29. The monoisotopic (exact) mass is 260 g/mol. The highest BCUT2D eigenvalue weighted by Gasteiger charge is 2.33. The van der Waals surface area contributed by atoms with Gasteiger partial charge in [-0.25, -0.2) is 12.7 Å². The number of nitrogens with one attached hydrogen (secondary N) is 1. The van der Waals surface area contributed by atoms with Crippen molar-refractivity contribution in [1.82, 2.24) is 9.62 Å². The van der Waals surface area contributed by atoms with Crippen molar-refractivity contribution in [3.8, 4) is 0 Å². The first kappa shape index (κ1) is 13.3. The molecule has 0 aromatic carbocycles. The molecule has 1 atom stereocenters. The summed E-state index contributed by atoms with van der Waals surface area (Å²) in [7, 11) is -1.30. The first-order valence-electron chi connectivity index (χ1n) is 6.79. The van der Waals surface area contributed by atoms with Crippen LogP contribution in [0.25, 0.3) is 0 Å². The summed E-state index contributed by atoms with van der Waals surface area (Å²) in [6, 6.07) is 0.352. The topological polar surface area (TPSA) is 49.4 Å². The predicted molar refractivity (Wildman–Crippen MR) is 69.4 cm³/mol. The molecule has 1 saturated heterocycles. The second-order valence-electron chi connectivity index (χ2n) is 5.38. The van der Waals surface area contributed by atoms with Gasteiger partial charge in [0.15, 0.2) is 0 Å². The molecule has 0 aromatic heterocycles. The maximum atomic E-state index is 12.3. The highest BCUT2D eigenvalue weighted by molar-refractivity contribution is 7.89. The van der Waals surface area contributed by atoms with Gasteiger partial charge in [-0.2, -0.15) is 0 Å². The second kappa shape index (κ2) is 5.67. The Kier molecular flexibility index (Phi) is 4.44. The Morgan fingerprint density at radius 2 is 1.76 bits per heavy atom. The molecule has 1 aliphatic heterocycles. The summed E-state index contributed by atoms with van der Waals surface area (Å²) in [5.41, 5.74) is 0. The van der Waals surface area contributed by atoms with Gasteiger partial charge in [0.05, 0.1) is 5.25 Å². The van der Waals surface area contributed by atoms with Gasteiger partial charge in [-0.3, -0.25) is 0 Å².